The molecule has 2 aromatic carbocycles. The predicted octanol–water partition coefficient (Wildman–Crippen LogP) is 4.11. The fraction of sp³-hybridized carbons (Fsp3) is 0.321. The lowest BCUT2D eigenvalue weighted by molar-refractivity contribution is -0.131. The Morgan fingerprint density at radius 1 is 0.972 bits per heavy atom. The minimum atomic E-state index is -0.343. The zero-order valence-corrected chi connectivity index (χ0v) is 19.9. The maximum Gasteiger partial charge on any atom is 0.291 e. The largest absolute Gasteiger partial charge is 0.493 e. The minimum Gasteiger partial charge on any atom is -0.493 e. The summed E-state index contributed by atoms with van der Waals surface area (Å²) in [6.07, 6.45) is 4.52. The van der Waals surface area contributed by atoms with Gasteiger partial charge in [0.05, 0.1) is 19.3 Å². The lowest BCUT2D eigenvalue weighted by Gasteiger charge is -2.45. The SMILES string of the molecule is O=C(NC1CC2(CCN(C(=O)CCOc3ccccc3)C2)C1)c1ccc(NC(=O)c2ccco2)cc1. The maximum atomic E-state index is 12.7. The molecule has 3 amide bonds. The first-order chi connectivity index (χ1) is 17.5. The van der Waals surface area contributed by atoms with E-state index in [0.29, 0.717) is 24.3 Å². The van der Waals surface area contributed by atoms with Crippen LogP contribution in [0.25, 0.3) is 0 Å². The second kappa shape index (κ2) is 10.3. The Morgan fingerprint density at radius 2 is 1.75 bits per heavy atom. The van der Waals surface area contributed by atoms with Crippen LogP contribution in [-0.4, -0.2) is 48.4 Å². The van der Waals surface area contributed by atoms with Crippen LogP contribution in [0.5, 0.6) is 5.75 Å². The van der Waals surface area contributed by atoms with Crippen LogP contribution < -0.4 is 15.4 Å². The van der Waals surface area contributed by atoms with Gasteiger partial charge in [0.1, 0.15) is 5.75 Å². The summed E-state index contributed by atoms with van der Waals surface area (Å²) in [5.41, 5.74) is 1.22. The number of carbonyl (C=O) groups is 3. The van der Waals surface area contributed by atoms with Crippen LogP contribution in [0.2, 0.25) is 0 Å². The summed E-state index contributed by atoms with van der Waals surface area (Å²) < 4.78 is 10.7. The number of furan rings is 1. The van der Waals surface area contributed by atoms with E-state index in [1.807, 2.05) is 35.2 Å². The van der Waals surface area contributed by atoms with E-state index in [0.717, 1.165) is 38.1 Å². The molecule has 2 N–H and O–H groups in total. The van der Waals surface area contributed by atoms with E-state index in [1.54, 1.807) is 36.4 Å². The van der Waals surface area contributed by atoms with Crippen molar-refractivity contribution in [3.05, 3.63) is 84.3 Å². The van der Waals surface area contributed by atoms with Gasteiger partial charge in [-0.3, -0.25) is 14.4 Å². The molecule has 1 saturated carbocycles. The molecular formula is C28H29N3O5. The molecule has 1 spiro atoms. The molecule has 3 aromatic rings. The molecule has 0 bridgehead atoms. The molecule has 2 fully saturated rings. The van der Waals surface area contributed by atoms with Crippen molar-refractivity contribution in [2.24, 2.45) is 5.41 Å². The fourth-order valence-electron chi connectivity index (χ4n) is 5.07. The summed E-state index contributed by atoms with van der Waals surface area (Å²) in [5.74, 6) is 0.638. The summed E-state index contributed by atoms with van der Waals surface area (Å²) in [6, 6.07) is 19.6. The van der Waals surface area contributed by atoms with Crippen LogP contribution in [-0.2, 0) is 4.79 Å². The molecular weight excluding hydrogens is 458 g/mol. The average Bonchev–Trinajstić information content (AvgIpc) is 3.56. The third kappa shape index (κ3) is 5.43. The van der Waals surface area contributed by atoms with Gasteiger partial charge in [-0.25, -0.2) is 0 Å². The van der Waals surface area contributed by atoms with Crippen molar-refractivity contribution in [1.29, 1.82) is 0 Å². The number of hydrogen-bond donors (Lipinski definition) is 2. The predicted molar refractivity (Wildman–Crippen MR) is 134 cm³/mol. The number of rotatable bonds is 8. The Hall–Kier alpha value is -4.07. The highest BCUT2D eigenvalue weighted by Crippen LogP contribution is 2.48. The summed E-state index contributed by atoms with van der Waals surface area (Å²) in [7, 11) is 0. The summed E-state index contributed by atoms with van der Waals surface area (Å²) in [6.45, 7) is 1.87. The Balaban J connectivity index is 1.04. The van der Waals surface area contributed by atoms with Gasteiger partial charge in [-0.15, -0.1) is 0 Å². The number of ether oxygens (including phenoxy) is 1. The molecule has 36 heavy (non-hydrogen) atoms. The highest BCUT2D eigenvalue weighted by Gasteiger charge is 2.49. The molecule has 8 nitrogen and oxygen atoms in total. The van der Waals surface area contributed by atoms with Gasteiger partial charge in [0.15, 0.2) is 5.76 Å². The molecule has 0 atom stereocenters. The number of carbonyl (C=O) groups excluding carboxylic acids is 3. The molecule has 1 saturated heterocycles. The number of amides is 3. The normalized spacial score (nSPS) is 20.6. The van der Waals surface area contributed by atoms with E-state index < -0.39 is 0 Å². The molecule has 1 aliphatic carbocycles. The lowest BCUT2D eigenvalue weighted by atomic mass is 9.65. The number of likely N-dealkylation sites (tertiary alicyclic amines) is 1. The molecule has 186 valence electrons. The molecule has 5 rings (SSSR count). The van der Waals surface area contributed by atoms with Crippen LogP contribution in [0.4, 0.5) is 5.69 Å². The number of anilines is 1. The first kappa shape index (κ1) is 23.7. The van der Waals surface area contributed by atoms with E-state index >= 15 is 0 Å². The van der Waals surface area contributed by atoms with E-state index in [-0.39, 0.29) is 34.9 Å². The molecule has 2 aliphatic rings. The topological polar surface area (TPSA) is 101 Å². The lowest BCUT2D eigenvalue weighted by Crippen LogP contribution is -2.52. The van der Waals surface area contributed by atoms with Crippen molar-refractivity contribution in [1.82, 2.24) is 10.2 Å². The number of hydrogen-bond acceptors (Lipinski definition) is 5. The van der Waals surface area contributed by atoms with Crippen LogP contribution >= 0.6 is 0 Å². The smallest absolute Gasteiger partial charge is 0.291 e. The summed E-state index contributed by atoms with van der Waals surface area (Å²) in [4.78, 5) is 39.3. The van der Waals surface area contributed by atoms with E-state index in [4.69, 9.17) is 9.15 Å². The molecule has 0 radical (unpaired) electrons. The quantitative estimate of drug-likeness (QED) is 0.498. The third-order valence-corrected chi connectivity index (χ3v) is 6.96. The highest BCUT2D eigenvalue weighted by molar-refractivity contribution is 6.02. The number of nitrogens with one attached hydrogen (secondary N) is 2. The van der Waals surface area contributed by atoms with Gasteiger partial charge in [0.25, 0.3) is 11.8 Å². The Morgan fingerprint density at radius 3 is 2.47 bits per heavy atom. The summed E-state index contributed by atoms with van der Waals surface area (Å²) >= 11 is 0. The van der Waals surface area contributed by atoms with Crippen molar-refractivity contribution in [3.8, 4) is 5.75 Å². The highest BCUT2D eigenvalue weighted by atomic mass is 16.5. The van der Waals surface area contributed by atoms with Gasteiger partial charge in [0, 0.05) is 30.4 Å². The van der Waals surface area contributed by atoms with E-state index in [9.17, 15) is 14.4 Å². The Kier molecular flexibility index (Phi) is 6.75. The third-order valence-electron chi connectivity index (χ3n) is 6.96. The molecule has 1 aromatic heterocycles. The van der Waals surface area contributed by atoms with Gasteiger partial charge in [-0.2, -0.15) is 0 Å². The van der Waals surface area contributed by atoms with Crippen molar-refractivity contribution < 1.29 is 23.5 Å². The molecule has 2 heterocycles. The van der Waals surface area contributed by atoms with Crippen LogP contribution in [0.1, 0.15) is 46.6 Å². The Labute approximate surface area is 209 Å². The first-order valence-corrected chi connectivity index (χ1v) is 12.2. The van der Waals surface area contributed by atoms with Crippen LogP contribution in [0.3, 0.4) is 0 Å². The second-order valence-corrected chi connectivity index (χ2v) is 9.56. The van der Waals surface area contributed by atoms with E-state index in [2.05, 4.69) is 10.6 Å². The number of para-hydroxylation sites is 1. The Bertz CT molecular complexity index is 1200. The standard InChI is InChI=1S/C28H29N3O5/c32-25(12-16-35-23-5-2-1-3-6-23)31-14-13-28(19-31)17-22(18-28)30-26(33)20-8-10-21(11-9-20)29-27(34)24-7-4-15-36-24/h1-11,15,22H,12-14,16-19H2,(H,29,34)(H,30,33). The zero-order valence-electron chi connectivity index (χ0n) is 19.9. The van der Waals surface area contributed by atoms with Crippen molar-refractivity contribution in [2.45, 2.75) is 31.7 Å². The second-order valence-electron chi connectivity index (χ2n) is 9.56. The number of nitrogens with zero attached hydrogens (tertiary/aromatic N) is 1. The van der Waals surface area contributed by atoms with Gasteiger partial charge in [0.2, 0.25) is 5.91 Å². The van der Waals surface area contributed by atoms with Gasteiger partial charge in [-0.1, -0.05) is 18.2 Å². The molecule has 1 aliphatic heterocycles. The zero-order chi connectivity index (χ0) is 25.0. The monoisotopic (exact) mass is 487 g/mol. The molecule has 0 unspecified atom stereocenters. The van der Waals surface area contributed by atoms with Crippen molar-refractivity contribution in [2.75, 3.05) is 25.0 Å². The van der Waals surface area contributed by atoms with Gasteiger partial charge in [-0.05, 0) is 73.2 Å². The van der Waals surface area contributed by atoms with Crippen LogP contribution in [0, 0.1) is 5.41 Å². The van der Waals surface area contributed by atoms with Gasteiger partial charge < -0.3 is 24.7 Å². The van der Waals surface area contributed by atoms with Crippen molar-refractivity contribution in [3.63, 3.8) is 0 Å². The van der Waals surface area contributed by atoms with Crippen LogP contribution in [0.15, 0.2) is 77.4 Å². The average molecular weight is 488 g/mol. The fourth-order valence-corrected chi connectivity index (χ4v) is 5.07. The maximum absolute atomic E-state index is 12.7. The van der Waals surface area contributed by atoms with Crippen molar-refractivity contribution >= 4 is 23.4 Å². The van der Waals surface area contributed by atoms with E-state index in [1.165, 1.54) is 6.26 Å². The minimum absolute atomic E-state index is 0.104. The van der Waals surface area contributed by atoms with Gasteiger partial charge >= 0.3 is 0 Å². The molecule has 8 heteroatoms. The number of benzene rings is 2. The first-order valence-electron chi connectivity index (χ1n) is 12.2. The summed E-state index contributed by atoms with van der Waals surface area (Å²) in [5, 5.41) is 5.83.